The number of carbonyl (C=O) groups excluding carboxylic acids is 1. The summed E-state index contributed by atoms with van der Waals surface area (Å²) in [5.74, 6) is -0.749. The average Bonchev–Trinajstić information content (AvgIpc) is 2.60. The number of benzene rings is 2. The molecule has 2 aromatic carbocycles. The van der Waals surface area contributed by atoms with Crippen molar-refractivity contribution in [1.82, 2.24) is 10.0 Å². The lowest BCUT2D eigenvalue weighted by molar-refractivity contribution is -0.121. The fourth-order valence-electron chi connectivity index (χ4n) is 2.44. The van der Waals surface area contributed by atoms with Gasteiger partial charge in [0.2, 0.25) is 15.9 Å². The lowest BCUT2D eigenvalue weighted by Crippen LogP contribution is -2.30. The molecule has 0 aliphatic carbocycles. The molecule has 0 radical (unpaired) electrons. The van der Waals surface area contributed by atoms with E-state index >= 15 is 0 Å². The molecule has 146 valence electrons. The molecule has 27 heavy (non-hydrogen) atoms. The van der Waals surface area contributed by atoms with Gasteiger partial charge in [0.05, 0.1) is 4.90 Å². The third-order valence-corrected chi connectivity index (χ3v) is 5.59. The first-order chi connectivity index (χ1) is 12.6. The summed E-state index contributed by atoms with van der Waals surface area (Å²) in [5.41, 5.74) is 1.35. The van der Waals surface area contributed by atoms with Crippen LogP contribution < -0.4 is 10.0 Å². The van der Waals surface area contributed by atoms with Gasteiger partial charge in [-0.1, -0.05) is 51.1 Å². The van der Waals surface area contributed by atoms with Gasteiger partial charge >= 0.3 is 0 Å². The quantitative estimate of drug-likeness (QED) is 0.760. The average molecular weight is 392 g/mol. The summed E-state index contributed by atoms with van der Waals surface area (Å²) < 4.78 is 40.5. The van der Waals surface area contributed by atoms with Crippen LogP contribution in [0.2, 0.25) is 0 Å². The molecule has 0 saturated heterocycles. The summed E-state index contributed by atoms with van der Waals surface area (Å²) in [6.45, 7) is 6.18. The maximum absolute atomic E-state index is 13.5. The van der Waals surface area contributed by atoms with Crippen molar-refractivity contribution in [2.75, 3.05) is 6.54 Å². The summed E-state index contributed by atoms with van der Waals surface area (Å²) in [4.78, 5) is 12.0. The van der Waals surface area contributed by atoms with E-state index in [1.165, 1.54) is 6.07 Å². The van der Waals surface area contributed by atoms with E-state index in [-0.39, 0.29) is 35.7 Å². The van der Waals surface area contributed by atoms with Crippen LogP contribution in [0.15, 0.2) is 53.4 Å². The highest BCUT2D eigenvalue weighted by atomic mass is 32.2. The minimum Gasteiger partial charge on any atom is -0.352 e. The van der Waals surface area contributed by atoms with Crippen LogP contribution in [-0.2, 0) is 26.8 Å². The van der Waals surface area contributed by atoms with E-state index in [2.05, 4.69) is 30.8 Å². The Morgan fingerprint density at radius 3 is 2.26 bits per heavy atom. The summed E-state index contributed by atoms with van der Waals surface area (Å²) in [5, 5.41) is 2.58. The molecule has 0 spiro atoms. The predicted octanol–water partition coefficient (Wildman–Crippen LogP) is 3.11. The van der Waals surface area contributed by atoms with E-state index in [0.29, 0.717) is 5.56 Å². The van der Waals surface area contributed by atoms with Crippen molar-refractivity contribution in [3.05, 3.63) is 65.5 Å². The first kappa shape index (κ1) is 21.1. The number of rotatable bonds is 7. The molecule has 0 fully saturated rings. The van der Waals surface area contributed by atoms with Gasteiger partial charge in [-0.05, 0) is 29.2 Å². The third kappa shape index (κ3) is 6.15. The van der Waals surface area contributed by atoms with Crippen molar-refractivity contribution in [2.45, 2.75) is 44.0 Å². The fraction of sp³-hybridized carbons (Fsp3) is 0.350. The van der Waals surface area contributed by atoms with Crippen molar-refractivity contribution in [1.29, 1.82) is 0 Å². The first-order valence-corrected chi connectivity index (χ1v) is 10.2. The van der Waals surface area contributed by atoms with E-state index in [1.54, 1.807) is 42.5 Å². The van der Waals surface area contributed by atoms with Gasteiger partial charge in [-0.25, -0.2) is 17.5 Å². The zero-order chi connectivity index (χ0) is 20.1. The first-order valence-electron chi connectivity index (χ1n) is 8.70. The monoisotopic (exact) mass is 392 g/mol. The van der Waals surface area contributed by atoms with Crippen LogP contribution in [0.3, 0.4) is 0 Å². The van der Waals surface area contributed by atoms with Gasteiger partial charge in [0.15, 0.2) is 0 Å². The molecule has 2 aromatic rings. The number of nitrogens with one attached hydrogen (secondary N) is 2. The van der Waals surface area contributed by atoms with Crippen molar-refractivity contribution in [3.8, 4) is 0 Å². The van der Waals surface area contributed by atoms with Gasteiger partial charge in [0.25, 0.3) is 0 Å². The largest absolute Gasteiger partial charge is 0.352 e. The maximum atomic E-state index is 13.5. The number of sulfonamides is 1. The topological polar surface area (TPSA) is 75.3 Å². The SMILES string of the molecule is CC(C)(C)c1ccc(S(=O)(=O)NCCC(=O)NCc2ccccc2F)cc1. The molecule has 0 bridgehead atoms. The molecule has 0 heterocycles. The van der Waals surface area contributed by atoms with Crippen LogP contribution in [0.25, 0.3) is 0 Å². The molecule has 0 atom stereocenters. The summed E-state index contributed by atoms with van der Waals surface area (Å²) in [6.07, 6.45) is -0.0340. The standard InChI is InChI=1S/C20H25FN2O3S/c1-20(2,3)16-8-10-17(11-9-16)27(25,26)23-13-12-19(24)22-14-15-6-4-5-7-18(15)21/h4-11,23H,12-14H2,1-3H3,(H,22,24). The van der Waals surface area contributed by atoms with Crippen LogP contribution in [0.5, 0.6) is 0 Å². The molecule has 1 amide bonds. The van der Waals surface area contributed by atoms with Crippen molar-refractivity contribution in [2.24, 2.45) is 0 Å². The molecular formula is C20H25FN2O3S. The Morgan fingerprint density at radius 1 is 1.04 bits per heavy atom. The highest BCUT2D eigenvalue weighted by molar-refractivity contribution is 7.89. The highest BCUT2D eigenvalue weighted by Crippen LogP contribution is 2.23. The molecule has 5 nitrogen and oxygen atoms in total. The van der Waals surface area contributed by atoms with Gasteiger partial charge in [0.1, 0.15) is 5.82 Å². The predicted molar refractivity (Wildman–Crippen MR) is 103 cm³/mol. The molecular weight excluding hydrogens is 367 g/mol. The smallest absolute Gasteiger partial charge is 0.240 e. The zero-order valence-corrected chi connectivity index (χ0v) is 16.6. The van der Waals surface area contributed by atoms with Crippen LogP contribution >= 0.6 is 0 Å². The Morgan fingerprint density at radius 2 is 1.67 bits per heavy atom. The Labute approximate surface area is 160 Å². The van der Waals surface area contributed by atoms with Gasteiger partial charge in [-0.2, -0.15) is 0 Å². The van der Waals surface area contributed by atoms with Crippen molar-refractivity contribution in [3.63, 3.8) is 0 Å². The van der Waals surface area contributed by atoms with E-state index < -0.39 is 15.8 Å². The molecule has 0 aromatic heterocycles. The Kier molecular flexibility index (Phi) is 6.73. The number of hydrogen-bond acceptors (Lipinski definition) is 3. The Bertz CT molecular complexity index is 888. The second-order valence-corrected chi connectivity index (χ2v) is 9.06. The molecule has 0 aliphatic rings. The minimum atomic E-state index is -3.68. The number of carbonyl (C=O) groups is 1. The minimum absolute atomic E-state index is 0.0340. The summed E-state index contributed by atoms with van der Waals surface area (Å²) >= 11 is 0. The van der Waals surface area contributed by atoms with Gasteiger partial charge in [-0.3, -0.25) is 4.79 Å². The van der Waals surface area contributed by atoms with E-state index in [4.69, 9.17) is 0 Å². The van der Waals surface area contributed by atoms with Gasteiger partial charge in [-0.15, -0.1) is 0 Å². The van der Waals surface area contributed by atoms with Crippen LogP contribution in [0.4, 0.5) is 4.39 Å². The van der Waals surface area contributed by atoms with E-state index in [0.717, 1.165) is 5.56 Å². The normalized spacial score (nSPS) is 12.0. The van der Waals surface area contributed by atoms with E-state index in [1.807, 2.05) is 0 Å². The fourth-order valence-corrected chi connectivity index (χ4v) is 3.47. The number of amides is 1. The molecule has 2 rings (SSSR count). The number of hydrogen-bond donors (Lipinski definition) is 2. The third-order valence-electron chi connectivity index (χ3n) is 4.11. The lowest BCUT2D eigenvalue weighted by atomic mass is 9.87. The van der Waals surface area contributed by atoms with Crippen molar-refractivity contribution >= 4 is 15.9 Å². The maximum Gasteiger partial charge on any atom is 0.240 e. The molecule has 0 unspecified atom stereocenters. The van der Waals surface area contributed by atoms with Crippen LogP contribution in [-0.4, -0.2) is 20.9 Å². The van der Waals surface area contributed by atoms with Crippen LogP contribution in [0, 0.1) is 5.82 Å². The lowest BCUT2D eigenvalue weighted by Gasteiger charge is -2.19. The number of halogens is 1. The van der Waals surface area contributed by atoms with Gasteiger partial charge in [0, 0.05) is 25.1 Å². The van der Waals surface area contributed by atoms with Crippen molar-refractivity contribution < 1.29 is 17.6 Å². The molecule has 2 N–H and O–H groups in total. The zero-order valence-electron chi connectivity index (χ0n) is 15.8. The van der Waals surface area contributed by atoms with Crippen LogP contribution in [0.1, 0.15) is 38.3 Å². The van der Waals surface area contributed by atoms with E-state index in [9.17, 15) is 17.6 Å². The summed E-state index contributed by atoms with van der Waals surface area (Å²) in [7, 11) is -3.68. The second kappa shape index (κ2) is 8.63. The Balaban J connectivity index is 1.84. The summed E-state index contributed by atoms with van der Waals surface area (Å²) in [6, 6.07) is 12.8. The molecule has 7 heteroatoms. The second-order valence-electron chi connectivity index (χ2n) is 7.29. The van der Waals surface area contributed by atoms with Gasteiger partial charge < -0.3 is 5.32 Å². The Hall–Kier alpha value is -2.25. The highest BCUT2D eigenvalue weighted by Gasteiger charge is 2.17. The molecule has 0 aliphatic heterocycles. The molecule has 0 saturated carbocycles.